The van der Waals surface area contributed by atoms with Gasteiger partial charge in [-0.25, -0.2) is 0 Å². The zero-order valence-electron chi connectivity index (χ0n) is 11.3. The van der Waals surface area contributed by atoms with Crippen molar-refractivity contribution < 1.29 is 4.74 Å². The van der Waals surface area contributed by atoms with Gasteiger partial charge in [-0.05, 0) is 25.5 Å². The van der Waals surface area contributed by atoms with Gasteiger partial charge in [0.15, 0.2) is 0 Å². The first-order chi connectivity index (χ1) is 8.76. The maximum absolute atomic E-state index is 8.76. The molecule has 2 heteroatoms. The van der Waals surface area contributed by atoms with E-state index < -0.39 is 0 Å². The fourth-order valence-electron chi connectivity index (χ4n) is 1.71. The summed E-state index contributed by atoms with van der Waals surface area (Å²) < 4.78 is 5.73. The van der Waals surface area contributed by atoms with E-state index in [2.05, 4.69) is 13.0 Å². The molecule has 0 aliphatic carbocycles. The molecule has 0 saturated carbocycles. The predicted molar refractivity (Wildman–Crippen MR) is 74.3 cm³/mol. The Kier molecular flexibility index (Phi) is 6.64. The number of aryl methyl sites for hydroxylation is 1. The average molecular weight is 243 g/mol. The molecule has 96 valence electrons. The molecular weight excluding hydrogens is 222 g/mol. The molecule has 0 unspecified atom stereocenters. The molecule has 1 aromatic rings. The average Bonchev–Trinajstić information content (AvgIpc) is 2.37. The molecule has 0 heterocycles. The number of unbranched alkanes of at least 4 members (excludes halogenated alkanes) is 3. The Hall–Kier alpha value is -1.75. The summed E-state index contributed by atoms with van der Waals surface area (Å²) in [4.78, 5) is 0. The van der Waals surface area contributed by atoms with Crippen LogP contribution in [-0.4, -0.2) is 0 Å². The Morgan fingerprint density at radius 2 is 1.94 bits per heavy atom. The SMILES string of the molecule is CCCCCC/C(=C\C#N)Oc1ccc(C)cc1. The van der Waals surface area contributed by atoms with Gasteiger partial charge < -0.3 is 4.74 Å². The van der Waals surface area contributed by atoms with Gasteiger partial charge in [-0.2, -0.15) is 5.26 Å². The first kappa shape index (κ1) is 14.3. The number of nitrogens with zero attached hydrogens (tertiary/aromatic N) is 1. The lowest BCUT2D eigenvalue weighted by molar-refractivity contribution is 0.396. The Labute approximate surface area is 110 Å². The number of hydrogen-bond donors (Lipinski definition) is 0. The number of benzene rings is 1. The molecule has 0 aliphatic rings. The monoisotopic (exact) mass is 243 g/mol. The third kappa shape index (κ3) is 5.54. The minimum atomic E-state index is 0.762. The molecule has 0 atom stereocenters. The molecule has 0 radical (unpaired) electrons. The third-order valence-corrected chi connectivity index (χ3v) is 2.77. The maximum atomic E-state index is 8.76. The number of rotatable bonds is 7. The van der Waals surface area contributed by atoms with Crippen LogP contribution in [0.2, 0.25) is 0 Å². The van der Waals surface area contributed by atoms with Crippen LogP contribution in [0.25, 0.3) is 0 Å². The molecular formula is C16H21NO. The van der Waals surface area contributed by atoms with E-state index in [1.54, 1.807) is 0 Å². The van der Waals surface area contributed by atoms with Crippen molar-refractivity contribution in [2.24, 2.45) is 0 Å². The number of ether oxygens (including phenoxy) is 1. The second-order valence-electron chi connectivity index (χ2n) is 4.47. The van der Waals surface area contributed by atoms with Gasteiger partial charge >= 0.3 is 0 Å². The summed E-state index contributed by atoms with van der Waals surface area (Å²) in [5, 5.41) is 8.76. The first-order valence-corrected chi connectivity index (χ1v) is 6.59. The topological polar surface area (TPSA) is 33.0 Å². The lowest BCUT2D eigenvalue weighted by Crippen LogP contribution is -1.96. The van der Waals surface area contributed by atoms with Crippen molar-refractivity contribution in [3.8, 4) is 11.8 Å². The summed E-state index contributed by atoms with van der Waals surface area (Å²) >= 11 is 0. The first-order valence-electron chi connectivity index (χ1n) is 6.59. The van der Waals surface area contributed by atoms with Crippen LogP contribution in [0, 0.1) is 18.3 Å². The smallest absolute Gasteiger partial charge is 0.126 e. The number of allylic oxidation sites excluding steroid dienone is 2. The van der Waals surface area contributed by atoms with Crippen LogP contribution in [0.5, 0.6) is 5.75 Å². The van der Waals surface area contributed by atoms with Gasteiger partial charge in [-0.15, -0.1) is 0 Å². The molecule has 0 aromatic heterocycles. The molecule has 1 aromatic carbocycles. The van der Waals surface area contributed by atoms with Crippen molar-refractivity contribution in [3.05, 3.63) is 41.7 Å². The van der Waals surface area contributed by atoms with E-state index in [1.165, 1.54) is 30.9 Å². The van der Waals surface area contributed by atoms with E-state index in [1.807, 2.05) is 31.2 Å². The van der Waals surface area contributed by atoms with Crippen LogP contribution >= 0.6 is 0 Å². The lowest BCUT2D eigenvalue weighted by Gasteiger charge is -2.09. The van der Waals surface area contributed by atoms with Crippen LogP contribution in [0.4, 0.5) is 0 Å². The van der Waals surface area contributed by atoms with Crippen molar-refractivity contribution in [1.82, 2.24) is 0 Å². The fourth-order valence-corrected chi connectivity index (χ4v) is 1.71. The minimum Gasteiger partial charge on any atom is -0.461 e. The van der Waals surface area contributed by atoms with Crippen LogP contribution < -0.4 is 4.74 Å². The molecule has 0 spiro atoms. The zero-order chi connectivity index (χ0) is 13.2. The van der Waals surface area contributed by atoms with E-state index >= 15 is 0 Å². The van der Waals surface area contributed by atoms with Gasteiger partial charge in [0.1, 0.15) is 11.5 Å². The normalized spacial score (nSPS) is 11.1. The van der Waals surface area contributed by atoms with Crippen molar-refractivity contribution in [1.29, 1.82) is 5.26 Å². The van der Waals surface area contributed by atoms with Crippen molar-refractivity contribution in [3.63, 3.8) is 0 Å². The summed E-state index contributed by atoms with van der Waals surface area (Å²) in [6.07, 6.45) is 7.07. The van der Waals surface area contributed by atoms with Gasteiger partial charge in [-0.3, -0.25) is 0 Å². The van der Waals surface area contributed by atoms with E-state index in [0.29, 0.717) is 0 Å². The molecule has 0 bridgehead atoms. The van der Waals surface area contributed by atoms with E-state index in [9.17, 15) is 0 Å². The quantitative estimate of drug-likeness (QED) is 0.393. The standard InChI is InChI=1S/C16H21NO/c1-3-4-5-6-7-15(12-13-17)18-16-10-8-14(2)9-11-16/h8-12H,3-7H2,1-2H3/b15-12+. The van der Waals surface area contributed by atoms with Crippen molar-refractivity contribution in [2.45, 2.75) is 46.0 Å². The Balaban J connectivity index is 2.50. The highest BCUT2D eigenvalue weighted by molar-refractivity contribution is 5.28. The summed E-state index contributed by atoms with van der Waals surface area (Å²) in [7, 11) is 0. The molecule has 0 aliphatic heterocycles. The maximum Gasteiger partial charge on any atom is 0.126 e. The Bertz CT molecular complexity index is 412. The molecule has 0 fully saturated rings. The van der Waals surface area contributed by atoms with Crippen LogP contribution in [0.1, 0.15) is 44.6 Å². The Morgan fingerprint density at radius 3 is 2.56 bits per heavy atom. The lowest BCUT2D eigenvalue weighted by atomic mass is 10.1. The molecule has 0 amide bonds. The van der Waals surface area contributed by atoms with Crippen molar-refractivity contribution >= 4 is 0 Å². The van der Waals surface area contributed by atoms with E-state index in [-0.39, 0.29) is 0 Å². The zero-order valence-corrected chi connectivity index (χ0v) is 11.3. The van der Waals surface area contributed by atoms with Crippen molar-refractivity contribution in [2.75, 3.05) is 0 Å². The molecule has 2 nitrogen and oxygen atoms in total. The fraction of sp³-hybridized carbons (Fsp3) is 0.438. The molecule has 0 saturated heterocycles. The molecule has 0 N–H and O–H groups in total. The van der Waals surface area contributed by atoms with Gasteiger partial charge in [-0.1, -0.05) is 43.9 Å². The summed E-state index contributed by atoms with van der Waals surface area (Å²) in [6.45, 7) is 4.23. The minimum absolute atomic E-state index is 0.762. The van der Waals surface area contributed by atoms with Crippen LogP contribution in [0.3, 0.4) is 0 Å². The third-order valence-electron chi connectivity index (χ3n) is 2.77. The second kappa shape index (κ2) is 8.36. The van der Waals surface area contributed by atoms with Gasteiger partial charge in [0.2, 0.25) is 0 Å². The van der Waals surface area contributed by atoms with Crippen LogP contribution in [0.15, 0.2) is 36.1 Å². The summed E-state index contributed by atoms with van der Waals surface area (Å²) in [6, 6.07) is 9.95. The largest absolute Gasteiger partial charge is 0.461 e. The summed E-state index contributed by atoms with van der Waals surface area (Å²) in [5.41, 5.74) is 1.20. The van der Waals surface area contributed by atoms with Gasteiger partial charge in [0, 0.05) is 6.42 Å². The van der Waals surface area contributed by atoms with Crippen LogP contribution in [-0.2, 0) is 0 Å². The van der Waals surface area contributed by atoms with Gasteiger partial charge in [0.25, 0.3) is 0 Å². The predicted octanol–water partition coefficient (Wildman–Crippen LogP) is 4.75. The highest BCUT2D eigenvalue weighted by Crippen LogP contribution is 2.18. The number of hydrogen-bond acceptors (Lipinski definition) is 2. The highest BCUT2D eigenvalue weighted by Gasteiger charge is 2.01. The second-order valence-corrected chi connectivity index (χ2v) is 4.47. The highest BCUT2D eigenvalue weighted by atomic mass is 16.5. The number of nitriles is 1. The molecule has 18 heavy (non-hydrogen) atoms. The summed E-state index contributed by atoms with van der Waals surface area (Å²) in [5.74, 6) is 1.56. The van der Waals surface area contributed by atoms with E-state index in [4.69, 9.17) is 10.00 Å². The van der Waals surface area contributed by atoms with Gasteiger partial charge in [0.05, 0.1) is 12.1 Å². The molecule has 1 rings (SSSR count). The van der Waals surface area contributed by atoms with E-state index in [0.717, 1.165) is 24.4 Å². The Morgan fingerprint density at radius 1 is 1.22 bits per heavy atom.